The molecule has 0 saturated carbocycles. The molecule has 1 N–H and O–H groups in total. The molecule has 6 nitrogen and oxygen atoms in total. The fraction of sp³-hybridized carbons (Fsp3) is 0.133. The molecule has 112 valence electrons. The van der Waals surface area contributed by atoms with Crippen LogP contribution in [0.2, 0.25) is 5.15 Å². The van der Waals surface area contributed by atoms with Gasteiger partial charge in [0.05, 0.1) is 18.5 Å². The summed E-state index contributed by atoms with van der Waals surface area (Å²) in [7, 11) is 0. The summed E-state index contributed by atoms with van der Waals surface area (Å²) in [5.74, 6) is 0.275. The molecule has 2 aromatic heterocycles. The number of para-hydroxylation sites is 2. The molecule has 7 heteroatoms. The standard InChI is InChI=1S/C15H13ClN4O2/c1-2-22-12-6-4-3-5-10(12)18-15(21)11-9-20-14(17-11)8-7-13(16)19-20/h3-9H,2H2,1H3,(H,18,21). The summed E-state index contributed by atoms with van der Waals surface area (Å²) in [4.78, 5) is 16.5. The predicted molar refractivity (Wildman–Crippen MR) is 83.6 cm³/mol. The molecule has 0 spiro atoms. The summed E-state index contributed by atoms with van der Waals surface area (Å²) in [5, 5.41) is 7.17. The lowest BCUT2D eigenvalue weighted by atomic mass is 10.3. The molecular formula is C15H13ClN4O2. The third kappa shape index (κ3) is 2.87. The Bertz CT molecular complexity index is 831. The van der Waals surface area contributed by atoms with Crippen LogP contribution in [-0.2, 0) is 0 Å². The van der Waals surface area contributed by atoms with Crippen LogP contribution in [0, 0.1) is 0 Å². The Balaban J connectivity index is 1.87. The molecule has 0 saturated heterocycles. The van der Waals surface area contributed by atoms with E-state index in [0.29, 0.717) is 28.8 Å². The number of ether oxygens (including phenoxy) is 1. The molecule has 1 aromatic carbocycles. The van der Waals surface area contributed by atoms with Gasteiger partial charge >= 0.3 is 0 Å². The van der Waals surface area contributed by atoms with Crippen LogP contribution in [-0.4, -0.2) is 27.1 Å². The number of anilines is 1. The number of aromatic nitrogens is 3. The largest absolute Gasteiger partial charge is 0.492 e. The Morgan fingerprint density at radius 3 is 2.95 bits per heavy atom. The number of amides is 1. The molecule has 0 aliphatic carbocycles. The third-order valence-electron chi connectivity index (χ3n) is 2.96. The Morgan fingerprint density at radius 1 is 1.32 bits per heavy atom. The lowest BCUT2D eigenvalue weighted by Crippen LogP contribution is -2.13. The van der Waals surface area contributed by atoms with Crippen molar-refractivity contribution in [1.82, 2.24) is 14.6 Å². The van der Waals surface area contributed by atoms with Gasteiger partial charge in [-0.3, -0.25) is 4.79 Å². The molecule has 0 atom stereocenters. The number of rotatable bonds is 4. The SMILES string of the molecule is CCOc1ccccc1NC(=O)c1cn2nc(Cl)ccc2n1. The lowest BCUT2D eigenvalue weighted by Gasteiger charge is -2.10. The number of imidazole rings is 1. The first-order chi connectivity index (χ1) is 10.7. The van der Waals surface area contributed by atoms with Crippen molar-refractivity contribution in [3.8, 4) is 5.75 Å². The summed E-state index contributed by atoms with van der Waals surface area (Å²) in [5.41, 5.74) is 1.39. The smallest absolute Gasteiger partial charge is 0.276 e. The highest BCUT2D eigenvalue weighted by Gasteiger charge is 2.13. The van der Waals surface area contributed by atoms with Gasteiger partial charge in [0.15, 0.2) is 5.65 Å². The van der Waals surface area contributed by atoms with Crippen molar-refractivity contribution in [3.63, 3.8) is 0 Å². The Kier molecular flexibility index (Phi) is 3.93. The minimum atomic E-state index is -0.339. The fourth-order valence-electron chi connectivity index (χ4n) is 2.01. The van der Waals surface area contributed by atoms with E-state index < -0.39 is 0 Å². The van der Waals surface area contributed by atoms with Crippen LogP contribution in [0.4, 0.5) is 5.69 Å². The van der Waals surface area contributed by atoms with Crippen LogP contribution < -0.4 is 10.1 Å². The molecular weight excluding hydrogens is 304 g/mol. The minimum absolute atomic E-state index is 0.251. The first-order valence-electron chi connectivity index (χ1n) is 6.72. The molecule has 0 bridgehead atoms. The number of hydrogen-bond acceptors (Lipinski definition) is 4. The average molecular weight is 317 g/mol. The molecule has 3 aromatic rings. The summed E-state index contributed by atoms with van der Waals surface area (Å²) in [6.07, 6.45) is 1.53. The monoisotopic (exact) mass is 316 g/mol. The Hall–Kier alpha value is -2.60. The maximum absolute atomic E-state index is 12.3. The number of fused-ring (bicyclic) bond motifs is 1. The van der Waals surface area contributed by atoms with E-state index in [9.17, 15) is 4.79 Å². The van der Waals surface area contributed by atoms with Gasteiger partial charge in [-0.05, 0) is 31.2 Å². The zero-order valence-corrected chi connectivity index (χ0v) is 12.5. The average Bonchev–Trinajstić information content (AvgIpc) is 2.92. The van der Waals surface area contributed by atoms with Gasteiger partial charge in [-0.25, -0.2) is 9.50 Å². The second-order valence-corrected chi connectivity index (χ2v) is 4.86. The molecule has 0 aliphatic rings. The van der Waals surface area contributed by atoms with Gasteiger partial charge in [-0.2, -0.15) is 5.10 Å². The van der Waals surface area contributed by atoms with Gasteiger partial charge in [0, 0.05) is 0 Å². The highest BCUT2D eigenvalue weighted by atomic mass is 35.5. The molecule has 22 heavy (non-hydrogen) atoms. The normalized spacial score (nSPS) is 10.6. The van der Waals surface area contributed by atoms with Crippen LogP contribution in [0.1, 0.15) is 17.4 Å². The first kappa shape index (κ1) is 14.3. The van der Waals surface area contributed by atoms with Crippen LogP contribution >= 0.6 is 11.6 Å². The van der Waals surface area contributed by atoms with Crippen molar-refractivity contribution in [2.24, 2.45) is 0 Å². The number of halogens is 1. The second kappa shape index (κ2) is 6.03. The zero-order valence-electron chi connectivity index (χ0n) is 11.8. The number of carbonyl (C=O) groups is 1. The van der Waals surface area contributed by atoms with Crippen molar-refractivity contribution in [3.05, 3.63) is 53.4 Å². The number of benzene rings is 1. The van der Waals surface area contributed by atoms with Crippen LogP contribution in [0.5, 0.6) is 5.75 Å². The molecule has 0 radical (unpaired) electrons. The molecule has 0 unspecified atom stereocenters. The molecule has 1 amide bonds. The maximum Gasteiger partial charge on any atom is 0.276 e. The van der Waals surface area contributed by atoms with E-state index in [1.807, 2.05) is 19.1 Å². The van der Waals surface area contributed by atoms with E-state index in [0.717, 1.165) is 0 Å². The highest BCUT2D eigenvalue weighted by Crippen LogP contribution is 2.24. The minimum Gasteiger partial charge on any atom is -0.492 e. The number of hydrogen-bond donors (Lipinski definition) is 1. The lowest BCUT2D eigenvalue weighted by molar-refractivity contribution is 0.102. The van der Waals surface area contributed by atoms with Crippen molar-refractivity contribution in [2.45, 2.75) is 6.92 Å². The van der Waals surface area contributed by atoms with E-state index in [-0.39, 0.29) is 11.6 Å². The van der Waals surface area contributed by atoms with Crippen LogP contribution in [0.25, 0.3) is 5.65 Å². The van der Waals surface area contributed by atoms with Crippen LogP contribution in [0.15, 0.2) is 42.6 Å². The van der Waals surface area contributed by atoms with Crippen molar-refractivity contribution in [1.29, 1.82) is 0 Å². The maximum atomic E-state index is 12.3. The van der Waals surface area contributed by atoms with Crippen LogP contribution in [0.3, 0.4) is 0 Å². The quantitative estimate of drug-likeness (QED) is 0.803. The van der Waals surface area contributed by atoms with Gasteiger partial charge in [0.2, 0.25) is 0 Å². The van der Waals surface area contributed by atoms with E-state index in [1.165, 1.54) is 10.7 Å². The molecule has 3 rings (SSSR count). The second-order valence-electron chi connectivity index (χ2n) is 4.47. The highest BCUT2D eigenvalue weighted by molar-refractivity contribution is 6.29. The van der Waals surface area contributed by atoms with Crippen molar-refractivity contribution >= 4 is 28.8 Å². The van der Waals surface area contributed by atoms with E-state index in [1.54, 1.807) is 24.3 Å². The fourth-order valence-corrected chi connectivity index (χ4v) is 2.15. The summed E-state index contributed by atoms with van der Waals surface area (Å²) < 4.78 is 6.94. The van der Waals surface area contributed by atoms with Gasteiger partial charge in [-0.15, -0.1) is 0 Å². The van der Waals surface area contributed by atoms with Gasteiger partial charge < -0.3 is 10.1 Å². The van der Waals surface area contributed by atoms with Crippen molar-refractivity contribution in [2.75, 3.05) is 11.9 Å². The van der Waals surface area contributed by atoms with Gasteiger partial charge in [-0.1, -0.05) is 23.7 Å². The third-order valence-corrected chi connectivity index (χ3v) is 3.16. The predicted octanol–water partition coefficient (Wildman–Crippen LogP) is 3.03. The Morgan fingerprint density at radius 2 is 2.14 bits per heavy atom. The number of nitrogens with zero attached hydrogens (tertiary/aromatic N) is 3. The topological polar surface area (TPSA) is 68.5 Å². The first-order valence-corrected chi connectivity index (χ1v) is 7.10. The van der Waals surface area contributed by atoms with Gasteiger partial charge in [0.1, 0.15) is 16.6 Å². The summed E-state index contributed by atoms with van der Waals surface area (Å²) in [6.45, 7) is 2.40. The van der Waals surface area contributed by atoms with E-state index in [2.05, 4.69) is 15.4 Å². The van der Waals surface area contributed by atoms with Gasteiger partial charge in [0.25, 0.3) is 5.91 Å². The summed E-state index contributed by atoms with van der Waals surface area (Å²) >= 11 is 5.82. The van der Waals surface area contributed by atoms with E-state index in [4.69, 9.17) is 16.3 Å². The molecule has 2 heterocycles. The summed E-state index contributed by atoms with van der Waals surface area (Å²) in [6, 6.07) is 10.6. The number of carbonyl (C=O) groups excluding carboxylic acids is 1. The Labute approximate surface area is 131 Å². The zero-order chi connectivity index (χ0) is 15.5. The van der Waals surface area contributed by atoms with E-state index >= 15 is 0 Å². The number of nitrogens with one attached hydrogen (secondary N) is 1. The van der Waals surface area contributed by atoms with Crippen molar-refractivity contribution < 1.29 is 9.53 Å². The molecule has 0 aliphatic heterocycles. The molecule has 0 fully saturated rings.